The van der Waals surface area contributed by atoms with E-state index in [2.05, 4.69) is 5.10 Å². The van der Waals surface area contributed by atoms with Crippen LogP contribution in [0, 0.1) is 6.92 Å². The van der Waals surface area contributed by atoms with E-state index in [1.165, 1.54) is 0 Å². The summed E-state index contributed by atoms with van der Waals surface area (Å²) < 4.78 is 7.13. The molecule has 0 aromatic carbocycles. The van der Waals surface area contributed by atoms with Crippen molar-refractivity contribution in [1.82, 2.24) is 14.7 Å². The Bertz CT molecular complexity index is 612. The minimum atomic E-state index is 0.0460. The van der Waals surface area contributed by atoms with Crippen LogP contribution in [0.1, 0.15) is 24.4 Å². The first-order chi connectivity index (χ1) is 9.61. The van der Waals surface area contributed by atoms with E-state index in [0.29, 0.717) is 18.4 Å². The molecular weight excluding hydrogens is 256 g/mol. The van der Waals surface area contributed by atoms with E-state index in [4.69, 9.17) is 10.2 Å². The van der Waals surface area contributed by atoms with Crippen molar-refractivity contribution in [2.45, 2.75) is 38.9 Å². The summed E-state index contributed by atoms with van der Waals surface area (Å²) in [5, 5.41) is 4.05. The molecule has 20 heavy (non-hydrogen) atoms. The van der Waals surface area contributed by atoms with Crippen LogP contribution in [0.4, 0.5) is 5.82 Å². The Hall–Kier alpha value is -2.24. The van der Waals surface area contributed by atoms with E-state index in [1.807, 2.05) is 24.0 Å². The Morgan fingerprint density at radius 1 is 1.50 bits per heavy atom. The van der Waals surface area contributed by atoms with Crippen LogP contribution >= 0.6 is 0 Å². The molecule has 1 aliphatic carbocycles. The number of carbonyl (C=O) groups excluding carboxylic acids is 1. The Labute approximate surface area is 117 Å². The third-order valence-electron chi connectivity index (χ3n) is 3.39. The number of nitrogens with two attached hydrogens (primary N) is 1. The summed E-state index contributed by atoms with van der Waals surface area (Å²) in [6.07, 6.45) is 3.84. The molecular formula is C14H18N4O2. The lowest BCUT2D eigenvalue weighted by Gasteiger charge is -2.21. The average Bonchev–Trinajstić information content (AvgIpc) is 3.04. The molecule has 6 nitrogen and oxygen atoms in total. The van der Waals surface area contributed by atoms with E-state index >= 15 is 0 Å². The topological polar surface area (TPSA) is 77.3 Å². The summed E-state index contributed by atoms with van der Waals surface area (Å²) in [7, 11) is 0. The van der Waals surface area contributed by atoms with E-state index < -0.39 is 0 Å². The van der Waals surface area contributed by atoms with Crippen molar-refractivity contribution in [3.05, 3.63) is 35.9 Å². The lowest BCUT2D eigenvalue weighted by Crippen LogP contribution is -2.35. The number of hydrogen-bond donors (Lipinski definition) is 1. The van der Waals surface area contributed by atoms with Crippen LogP contribution in [0.2, 0.25) is 0 Å². The number of nitrogens with zero attached hydrogens (tertiary/aromatic N) is 3. The molecule has 0 spiro atoms. The van der Waals surface area contributed by atoms with Crippen molar-refractivity contribution in [2.75, 3.05) is 5.73 Å². The van der Waals surface area contributed by atoms with Crippen LogP contribution in [-0.4, -0.2) is 26.6 Å². The number of aromatic nitrogens is 2. The fourth-order valence-electron chi connectivity index (χ4n) is 2.24. The molecule has 0 bridgehead atoms. The van der Waals surface area contributed by atoms with Crippen LogP contribution in [0.25, 0.3) is 0 Å². The highest BCUT2D eigenvalue weighted by Gasteiger charge is 2.33. The minimum absolute atomic E-state index is 0.0460. The first-order valence-electron chi connectivity index (χ1n) is 6.75. The number of furan rings is 1. The van der Waals surface area contributed by atoms with Crippen molar-refractivity contribution in [3.63, 3.8) is 0 Å². The molecule has 1 fully saturated rings. The van der Waals surface area contributed by atoms with Gasteiger partial charge in [-0.15, -0.1) is 0 Å². The molecule has 1 amide bonds. The maximum absolute atomic E-state index is 12.4. The second kappa shape index (κ2) is 5.03. The Balaban J connectivity index is 1.68. The smallest absolute Gasteiger partial charge is 0.244 e. The van der Waals surface area contributed by atoms with Gasteiger partial charge in [0.15, 0.2) is 0 Å². The zero-order chi connectivity index (χ0) is 14.1. The molecule has 2 aromatic rings. The molecule has 0 unspecified atom stereocenters. The highest BCUT2D eigenvalue weighted by molar-refractivity contribution is 5.76. The third-order valence-corrected chi connectivity index (χ3v) is 3.39. The minimum Gasteiger partial charge on any atom is -0.464 e. The Morgan fingerprint density at radius 3 is 2.85 bits per heavy atom. The van der Waals surface area contributed by atoms with Crippen LogP contribution in [-0.2, 0) is 17.9 Å². The third kappa shape index (κ3) is 2.84. The number of anilines is 1. The maximum atomic E-state index is 12.4. The molecule has 3 rings (SSSR count). The fourth-order valence-corrected chi connectivity index (χ4v) is 2.24. The monoisotopic (exact) mass is 274 g/mol. The van der Waals surface area contributed by atoms with Gasteiger partial charge in [0.2, 0.25) is 5.91 Å². The average molecular weight is 274 g/mol. The zero-order valence-corrected chi connectivity index (χ0v) is 11.5. The molecule has 0 aliphatic heterocycles. The van der Waals surface area contributed by atoms with Gasteiger partial charge in [-0.25, -0.2) is 0 Å². The lowest BCUT2D eigenvalue weighted by molar-refractivity contribution is -0.133. The number of carbonyl (C=O) groups is 1. The van der Waals surface area contributed by atoms with Gasteiger partial charge in [-0.05, 0) is 38.0 Å². The van der Waals surface area contributed by atoms with E-state index in [0.717, 1.165) is 24.4 Å². The molecule has 2 aromatic heterocycles. The standard InChI is InChI=1S/C14H18N4O2/c1-10-2-5-12(20-10)8-18(11-3-4-11)14(19)9-17-7-6-13(15)16-17/h2,5-7,11H,3-4,8-9H2,1H3,(H2,15,16). The molecule has 0 atom stereocenters. The summed E-state index contributed by atoms with van der Waals surface area (Å²) in [6.45, 7) is 2.64. The number of aryl methyl sites for hydroxylation is 1. The van der Waals surface area contributed by atoms with Crippen molar-refractivity contribution >= 4 is 11.7 Å². The quantitative estimate of drug-likeness (QED) is 0.897. The number of nitrogen functional groups attached to an aromatic ring is 1. The summed E-state index contributed by atoms with van der Waals surface area (Å²) in [5.41, 5.74) is 5.56. The van der Waals surface area contributed by atoms with Crippen LogP contribution in [0.15, 0.2) is 28.8 Å². The second-order valence-corrected chi connectivity index (χ2v) is 5.20. The number of hydrogen-bond acceptors (Lipinski definition) is 4. The zero-order valence-electron chi connectivity index (χ0n) is 11.5. The van der Waals surface area contributed by atoms with Crippen molar-refractivity contribution < 1.29 is 9.21 Å². The Kier molecular flexibility index (Phi) is 3.22. The van der Waals surface area contributed by atoms with Gasteiger partial charge in [0.1, 0.15) is 23.9 Å². The molecule has 106 valence electrons. The van der Waals surface area contributed by atoms with Crippen molar-refractivity contribution in [1.29, 1.82) is 0 Å². The first-order valence-corrected chi connectivity index (χ1v) is 6.75. The molecule has 2 N–H and O–H groups in total. The van der Waals surface area contributed by atoms with E-state index in [1.54, 1.807) is 16.9 Å². The van der Waals surface area contributed by atoms with Gasteiger partial charge in [0.25, 0.3) is 0 Å². The highest BCUT2D eigenvalue weighted by atomic mass is 16.3. The summed E-state index contributed by atoms with van der Waals surface area (Å²) >= 11 is 0. The van der Waals surface area contributed by atoms with E-state index in [-0.39, 0.29) is 12.5 Å². The Morgan fingerprint density at radius 2 is 2.30 bits per heavy atom. The number of rotatable bonds is 5. The van der Waals surface area contributed by atoms with E-state index in [9.17, 15) is 4.79 Å². The summed E-state index contributed by atoms with van der Waals surface area (Å²) in [6, 6.07) is 5.86. The molecule has 0 saturated heterocycles. The SMILES string of the molecule is Cc1ccc(CN(C(=O)Cn2ccc(N)n2)C2CC2)o1. The van der Waals surface area contributed by atoms with Crippen LogP contribution in [0.3, 0.4) is 0 Å². The fraction of sp³-hybridized carbons (Fsp3) is 0.429. The largest absolute Gasteiger partial charge is 0.464 e. The molecule has 0 radical (unpaired) electrons. The first kappa shape index (κ1) is 12.8. The molecule has 1 saturated carbocycles. The number of amides is 1. The van der Waals surface area contributed by atoms with Crippen LogP contribution in [0.5, 0.6) is 0 Å². The maximum Gasteiger partial charge on any atom is 0.244 e. The lowest BCUT2D eigenvalue weighted by atomic mass is 10.3. The van der Waals surface area contributed by atoms with Gasteiger partial charge in [-0.3, -0.25) is 9.48 Å². The van der Waals surface area contributed by atoms with Crippen molar-refractivity contribution in [2.24, 2.45) is 0 Å². The van der Waals surface area contributed by atoms with Crippen molar-refractivity contribution in [3.8, 4) is 0 Å². The predicted octanol–water partition coefficient (Wildman–Crippen LogP) is 1.56. The second-order valence-electron chi connectivity index (χ2n) is 5.20. The molecule has 2 heterocycles. The summed E-state index contributed by atoms with van der Waals surface area (Å²) in [5.74, 6) is 2.16. The predicted molar refractivity (Wildman–Crippen MR) is 73.7 cm³/mol. The summed E-state index contributed by atoms with van der Waals surface area (Å²) in [4.78, 5) is 14.3. The molecule has 1 aliphatic rings. The van der Waals surface area contributed by atoms with Gasteiger partial charge in [0.05, 0.1) is 6.54 Å². The highest BCUT2D eigenvalue weighted by Crippen LogP contribution is 2.29. The molecule has 6 heteroatoms. The normalized spacial score (nSPS) is 14.4. The van der Waals surface area contributed by atoms with Gasteiger partial charge in [-0.2, -0.15) is 5.10 Å². The van der Waals surface area contributed by atoms with Gasteiger partial charge >= 0.3 is 0 Å². The van der Waals surface area contributed by atoms with Gasteiger partial charge < -0.3 is 15.1 Å². The van der Waals surface area contributed by atoms with Crippen LogP contribution < -0.4 is 5.73 Å². The van der Waals surface area contributed by atoms with Gasteiger partial charge in [-0.1, -0.05) is 0 Å². The van der Waals surface area contributed by atoms with Gasteiger partial charge in [0, 0.05) is 12.2 Å².